The zero-order valence-corrected chi connectivity index (χ0v) is 9.61. The molecule has 2 aliphatic heterocycles. The van der Waals surface area contributed by atoms with E-state index >= 15 is 0 Å². The Bertz CT molecular complexity index is 496. The average Bonchev–Trinajstić information content (AvgIpc) is 2.65. The van der Waals surface area contributed by atoms with Gasteiger partial charge in [-0.2, -0.15) is 13.2 Å². The van der Waals surface area contributed by atoms with Gasteiger partial charge in [-0.1, -0.05) is 0 Å². The Hall–Kier alpha value is -1.17. The molecule has 1 aromatic rings. The number of hydrogen-bond acceptors (Lipinski definition) is 3. The van der Waals surface area contributed by atoms with Crippen LogP contribution >= 0.6 is 11.9 Å². The van der Waals surface area contributed by atoms with Gasteiger partial charge in [0.05, 0.1) is 5.56 Å². The zero-order chi connectivity index (χ0) is 12.0. The van der Waals surface area contributed by atoms with Gasteiger partial charge in [-0.3, -0.25) is 9.30 Å². The van der Waals surface area contributed by atoms with E-state index in [0.29, 0.717) is 4.90 Å². The number of alkyl halides is 3. The molecule has 0 unspecified atom stereocenters. The molecular formula is C11H9F3N2S. The molecule has 17 heavy (non-hydrogen) atoms. The second-order valence-corrected chi connectivity index (χ2v) is 5.02. The predicted octanol–water partition coefficient (Wildman–Crippen LogP) is 3.18. The second-order valence-electron chi connectivity index (χ2n) is 3.96. The molecule has 1 aromatic carbocycles. The summed E-state index contributed by atoms with van der Waals surface area (Å²) in [4.78, 5) is 5.02. The zero-order valence-electron chi connectivity index (χ0n) is 8.79. The van der Waals surface area contributed by atoms with Crippen molar-refractivity contribution < 1.29 is 13.2 Å². The van der Waals surface area contributed by atoms with Crippen LogP contribution in [-0.2, 0) is 6.18 Å². The summed E-state index contributed by atoms with van der Waals surface area (Å²) in [6.45, 7) is 1.60. The molecule has 0 aromatic heterocycles. The van der Waals surface area contributed by atoms with E-state index in [-0.39, 0.29) is 0 Å². The standard InChI is InChI=1S/C11H9F3N2S/c12-11(13,14)7-2-3-8-9(6-7)17-16-5-1-4-15-10(8)16/h2-3,6H,1,4-5H2. The summed E-state index contributed by atoms with van der Waals surface area (Å²) < 4.78 is 39.7. The van der Waals surface area contributed by atoms with Crippen LogP contribution in [0.15, 0.2) is 28.1 Å². The highest BCUT2D eigenvalue weighted by atomic mass is 32.2. The van der Waals surface area contributed by atoms with Crippen molar-refractivity contribution in [3.63, 3.8) is 0 Å². The van der Waals surface area contributed by atoms with Gasteiger partial charge in [-0.15, -0.1) is 0 Å². The molecule has 0 N–H and O–H groups in total. The Morgan fingerprint density at radius 2 is 2.12 bits per heavy atom. The van der Waals surface area contributed by atoms with Crippen LogP contribution < -0.4 is 0 Å². The highest BCUT2D eigenvalue weighted by Gasteiger charge is 2.34. The molecule has 0 radical (unpaired) electrons. The highest BCUT2D eigenvalue weighted by Crippen LogP contribution is 2.41. The molecule has 0 saturated heterocycles. The van der Waals surface area contributed by atoms with E-state index in [2.05, 4.69) is 4.99 Å². The number of benzene rings is 1. The summed E-state index contributed by atoms with van der Waals surface area (Å²) in [6.07, 6.45) is -3.32. The van der Waals surface area contributed by atoms with Gasteiger partial charge in [0.1, 0.15) is 5.84 Å². The molecule has 0 saturated carbocycles. The van der Waals surface area contributed by atoms with Crippen molar-refractivity contribution in [2.75, 3.05) is 13.1 Å². The van der Waals surface area contributed by atoms with Gasteiger partial charge in [0.25, 0.3) is 0 Å². The molecule has 3 rings (SSSR count). The van der Waals surface area contributed by atoms with E-state index in [1.807, 2.05) is 4.31 Å². The summed E-state index contributed by atoms with van der Waals surface area (Å²) in [7, 11) is 0. The van der Waals surface area contributed by atoms with Crippen molar-refractivity contribution in [3.05, 3.63) is 29.3 Å². The SMILES string of the molecule is FC(F)(F)c1ccc2c(c1)SN1CCCN=C21. The molecule has 0 amide bonds. The molecule has 0 atom stereocenters. The number of amidine groups is 1. The van der Waals surface area contributed by atoms with Crippen molar-refractivity contribution >= 4 is 17.8 Å². The summed E-state index contributed by atoms with van der Waals surface area (Å²) in [5, 5.41) is 0. The Kier molecular flexibility index (Phi) is 2.36. The lowest BCUT2D eigenvalue weighted by Gasteiger charge is -2.20. The van der Waals surface area contributed by atoms with Crippen LogP contribution in [0.25, 0.3) is 0 Å². The maximum absolute atomic E-state index is 12.6. The fraction of sp³-hybridized carbons (Fsp3) is 0.364. The number of rotatable bonds is 0. The summed E-state index contributed by atoms with van der Waals surface area (Å²) in [5.74, 6) is 0.824. The van der Waals surface area contributed by atoms with Gasteiger partial charge in [-0.05, 0) is 36.6 Å². The first-order valence-electron chi connectivity index (χ1n) is 5.27. The van der Waals surface area contributed by atoms with Crippen LogP contribution in [0.2, 0.25) is 0 Å². The van der Waals surface area contributed by atoms with Gasteiger partial charge in [0, 0.05) is 23.5 Å². The molecule has 90 valence electrons. The first-order chi connectivity index (χ1) is 8.05. The highest BCUT2D eigenvalue weighted by molar-refractivity contribution is 7.98. The molecule has 0 aliphatic carbocycles. The topological polar surface area (TPSA) is 15.6 Å². The largest absolute Gasteiger partial charge is 0.416 e. The van der Waals surface area contributed by atoms with Crippen LogP contribution in [0.5, 0.6) is 0 Å². The summed E-state index contributed by atoms with van der Waals surface area (Å²) in [5.41, 5.74) is 0.229. The number of aliphatic imine (C=N–C) groups is 1. The van der Waals surface area contributed by atoms with Gasteiger partial charge in [0.2, 0.25) is 0 Å². The van der Waals surface area contributed by atoms with E-state index in [9.17, 15) is 13.2 Å². The molecule has 2 aliphatic rings. The van der Waals surface area contributed by atoms with E-state index in [0.717, 1.165) is 37.0 Å². The molecule has 0 bridgehead atoms. The van der Waals surface area contributed by atoms with Crippen LogP contribution in [0.3, 0.4) is 0 Å². The van der Waals surface area contributed by atoms with Gasteiger partial charge in [-0.25, -0.2) is 0 Å². The van der Waals surface area contributed by atoms with Gasteiger partial charge < -0.3 is 0 Å². The first-order valence-corrected chi connectivity index (χ1v) is 6.04. The minimum absolute atomic E-state index is 0.593. The number of hydrogen-bond donors (Lipinski definition) is 0. The molecule has 0 spiro atoms. The molecule has 6 heteroatoms. The minimum atomic E-state index is -4.28. The van der Waals surface area contributed by atoms with E-state index < -0.39 is 11.7 Å². The van der Waals surface area contributed by atoms with Gasteiger partial charge in [0.15, 0.2) is 0 Å². The minimum Gasteiger partial charge on any atom is -0.296 e. The quantitative estimate of drug-likeness (QED) is 0.664. The first kappa shape index (κ1) is 11.0. The molecular weight excluding hydrogens is 249 g/mol. The van der Waals surface area contributed by atoms with Crippen LogP contribution in [-0.4, -0.2) is 23.2 Å². The van der Waals surface area contributed by atoms with Crippen molar-refractivity contribution in [3.8, 4) is 0 Å². The third kappa shape index (κ3) is 1.80. The van der Waals surface area contributed by atoms with Crippen LogP contribution in [0.1, 0.15) is 17.5 Å². The van der Waals surface area contributed by atoms with E-state index in [4.69, 9.17) is 0 Å². The summed E-state index contributed by atoms with van der Waals surface area (Å²) in [6, 6.07) is 3.86. The van der Waals surface area contributed by atoms with E-state index in [1.165, 1.54) is 24.1 Å². The maximum atomic E-state index is 12.6. The van der Waals surface area contributed by atoms with Crippen molar-refractivity contribution in [2.45, 2.75) is 17.5 Å². The number of nitrogens with zero attached hydrogens (tertiary/aromatic N) is 2. The Labute approximate surface area is 101 Å². The lowest BCUT2D eigenvalue weighted by Crippen LogP contribution is -2.26. The Morgan fingerprint density at radius 3 is 2.88 bits per heavy atom. The maximum Gasteiger partial charge on any atom is 0.416 e. The average molecular weight is 258 g/mol. The molecule has 2 nitrogen and oxygen atoms in total. The fourth-order valence-corrected chi connectivity index (χ4v) is 3.11. The van der Waals surface area contributed by atoms with Crippen molar-refractivity contribution in [1.82, 2.24) is 4.31 Å². The third-order valence-electron chi connectivity index (χ3n) is 2.78. The number of fused-ring (bicyclic) bond motifs is 3. The number of halogens is 3. The molecule has 2 heterocycles. The van der Waals surface area contributed by atoms with Crippen molar-refractivity contribution in [2.24, 2.45) is 4.99 Å². The lowest BCUT2D eigenvalue weighted by atomic mass is 10.1. The Morgan fingerprint density at radius 1 is 1.29 bits per heavy atom. The fourth-order valence-electron chi connectivity index (χ4n) is 1.97. The Balaban J connectivity index is 2.04. The predicted molar refractivity (Wildman–Crippen MR) is 60.0 cm³/mol. The monoisotopic (exact) mass is 258 g/mol. The lowest BCUT2D eigenvalue weighted by molar-refractivity contribution is -0.137. The smallest absolute Gasteiger partial charge is 0.296 e. The van der Waals surface area contributed by atoms with Gasteiger partial charge >= 0.3 is 6.18 Å². The van der Waals surface area contributed by atoms with E-state index in [1.54, 1.807) is 0 Å². The second kappa shape index (κ2) is 3.66. The summed E-state index contributed by atoms with van der Waals surface area (Å²) >= 11 is 1.35. The van der Waals surface area contributed by atoms with Crippen molar-refractivity contribution in [1.29, 1.82) is 0 Å². The van der Waals surface area contributed by atoms with Crippen LogP contribution in [0.4, 0.5) is 13.2 Å². The normalized spacial score (nSPS) is 18.8. The van der Waals surface area contributed by atoms with Crippen LogP contribution in [0, 0.1) is 0 Å². The molecule has 0 fully saturated rings. The third-order valence-corrected chi connectivity index (χ3v) is 3.89.